The third kappa shape index (κ3) is 6.23. The highest BCUT2D eigenvalue weighted by Gasteiger charge is 2.22. The molecule has 0 saturated heterocycles. The van der Waals surface area contributed by atoms with Gasteiger partial charge in [-0.25, -0.2) is 0 Å². The van der Waals surface area contributed by atoms with E-state index in [0.29, 0.717) is 0 Å². The zero-order valence-electron chi connectivity index (χ0n) is 33.0. The zero-order valence-corrected chi connectivity index (χ0v) is 33.0. The van der Waals surface area contributed by atoms with Gasteiger partial charge < -0.3 is 9.47 Å². The number of fused-ring (bicyclic) bond motifs is 4. The molecule has 60 heavy (non-hydrogen) atoms. The van der Waals surface area contributed by atoms with E-state index in [1.54, 1.807) is 0 Å². The molecular weight excluding hydrogens is 725 g/mol. The number of hydrogen-bond donors (Lipinski definition) is 0. The number of rotatable bonds is 8. The van der Waals surface area contributed by atoms with Crippen molar-refractivity contribution in [2.75, 3.05) is 4.90 Å². The van der Waals surface area contributed by atoms with Crippen molar-refractivity contribution in [1.82, 2.24) is 4.57 Å². The predicted molar refractivity (Wildman–Crippen MR) is 255 cm³/mol. The Labute approximate surface area is 350 Å². The van der Waals surface area contributed by atoms with Crippen LogP contribution in [0.5, 0.6) is 0 Å². The Morgan fingerprint density at radius 1 is 0.283 bits per heavy atom. The fourth-order valence-electron chi connectivity index (χ4n) is 8.98. The highest BCUT2D eigenvalue weighted by atomic mass is 15.1. The standard InChI is InChI=1S/C58H40N2/c1-5-18-41(19-6-1)45-32-35-51(43-20-7-2-8-21-43)57(39-45)60-55-31-16-15-29-52(55)53-36-34-48(40-58(53)60)59(47-26-11-4-12-27-47)56-37-33-46(38-54(56)44-22-9-3-10-23-44)50-30-17-25-42-24-13-14-28-49(42)50/h1-40H. The van der Waals surface area contributed by atoms with Crippen LogP contribution in [0.15, 0.2) is 243 Å². The fraction of sp³-hybridized carbons (Fsp3) is 0. The molecule has 11 rings (SSSR count). The van der Waals surface area contributed by atoms with Crippen LogP contribution in [0.4, 0.5) is 17.1 Å². The number of nitrogens with zero attached hydrogens (tertiary/aromatic N) is 2. The molecule has 1 aromatic heterocycles. The van der Waals surface area contributed by atoms with Crippen molar-refractivity contribution in [2.24, 2.45) is 0 Å². The molecule has 0 saturated carbocycles. The van der Waals surface area contributed by atoms with E-state index < -0.39 is 0 Å². The summed E-state index contributed by atoms with van der Waals surface area (Å²) in [5.74, 6) is 0. The van der Waals surface area contributed by atoms with E-state index in [-0.39, 0.29) is 0 Å². The van der Waals surface area contributed by atoms with E-state index in [1.165, 1.54) is 60.4 Å². The molecule has 10 aromatic carbocycles. The van der Waals surface area contributed by atoms with E-state index in [2.05, 4.69) is 252 Å². The van der Waals surface area contributed by atoms with Crippen LogP contribution in [0.2, 0.25) is 0 Å². The average molecular weight is 765 g/mol. The lowest BCUT2D eigenvalue weighted by Crippen LogP contribution is -2.11. The van der Waals surface area contributed by atoms with Crippen molar-refractivity contribution in [3.63, 3.8) is 0 Å². The van der Waals surface area contributed by atoms with Gasteiger partial charge >= 0.3 is 0 Å². The Kier molecular flexibility index (Phi) is 8.87. The van der Waals surface area contributed by atoms with Crippen LogP contribution in [-0.2, 0) is 0 Å². The molecule has 1 heterocycles. The maximum Gasteiger partial charge on any atom is 0.0562 e. The largest absolute Gasteiger partial charge is 0.310 e. The number of aromatic nitrogens is 1. The molecule has 0 aliphatic carbocycles. The predicted octanol–water partition coefficient (Wildman–Crippen LogP) is 16.1. The highest BCUT2D eigenvalue weighted by molar-refractivity contribution is 6.11. The van der Waals surface area contributed by atoms with Crippen molar-refractivity contribution in [2.45, 2.75) is 0 Å². The van der Waals surface area contributed by atoms with Crippen LogP contribution < -0.4 is 4.90 Å². The van der Waals surface area contributed by atoms with Gasteiger partial charge in [-0.1, -0.05) is 194 Å². The Hall–Kier alpha value is -7.94. The van der Waals surface area contributed by atoms with Gasteiger partial charge in [-0.05, 0) is 92.7 Å². The van der Waals surface area contributed by atoms with Gasteiger partial charge in [0.2, 0.25) is 0 Å². The molecule has 2 heteroatoms. The first-order valence-electron chi connectivity index (χ1n) is 20.6. The summed E-state index contributed by atoms with van der Waals surface area (Å²) in [4.78, 5) is 2.43. The molecular formula is C58H40N2. The molecule has 0 N–H and O–H groups in total. The topological polar surface area (TPSA) is 8.17 Å². The molecule has 0 amide bonds. The molecule has 282 valence electrons. The van der Waals surface area contributed by atoms with E-state index in [1.807, 2.05) is 0 Å². The van der Waals surface area contributed by atoms with Crippen LogP contribution in [-0.4, -0.2) is 4.57 Å². The molecule has 0 atom stereocenters. The van der Waals surface area contributed by atoms with Gasteiger partial charge in [0, 0.05) is 33.3 Å². The van der Waals surface area contributed by atoms with Crippen molar-refractivity contribution in [1.29, 1.82) is 0 Å². The lowest BCUT2D eigenvalue weighted by molar-refractivity contribution is 1.18. The summed E-state index contributed by atoms with van der Waals surface area (Å²) >= 11 is 0. The summed E-state index contributed by atoms with van der Waals surface area (Å²) in [6.07, 6.45) is 0. The summed E-state index contributed by atoms with van der Waals surface area (Å²) in [5.41, 5.74) is 16.2. The van der Waals surface area contributed by atoms with Crippen LogP contribution in [0, 0.1) is 0 Å². The highest BCUT2D eigenvalue weighted by Crippen LogP contribution is 2.46. The lowest BCUT2D eigenvalue weighted by Gasteiger charge is -2.29. The normalized spacial score (nSPS) is 11.3. The van der Waals surface area contributed by atoms with Crippen molar-refractivity contribution in [3.8, 4) is 50.2 Å². The summed E-state index contributed by atoms with van der Waals surface area (Å²) in [6, 6.07) is 88.0. The van der Waals surface area contributed by atoms with Gasteiger partial charge in [-0.15, -0.1) is 0 Å². The minimum absolute atomic E-state index is 1.08. The summed E-state index contributed by atoms with van der Waals surface area (Å²) in [5, 5.41) is 4.91. The number of hydrogen-bond acceptors (Lipinski definition) is 1. The molecule has 0 unspecified atom stereocenters. The molecule has 2 nitrogen and oxygen atoms in total. The first-order valence-corrected chi connectivity index (χ1v) is 20.6. The van der Waals surface area contributed by atoms with Crippen molar-refractivity contribution >= 4 is 49.6 Å². The van der Waals surface area contributed by atoms with E-state index >= 15 is 0 Å². The van der Waals surface area contributed by atoms with Gasteiger partial charge in [0.05, 0.1) is 22.4 Å². The average Bonchev–Trinajstić information content (AvgIpc) is 3.66. The number of benzene rings is 10. The molecule has 0 fully saturated rings. The Morgan fingerprint density at radius 2 is 0.867 bits per heavy atom. The molecule has 0 aliphatic rings. The van der Waals surface area contributed by atoms with Crippen molar-refractivity contribution < 1.29 is 0 Å². The van der Waals surface area contributed by atoms with Crippen LogP contribution in [0.25, 0.3) is 82.8 Å². The first-order chi connectivity index (χ1) is 29.8. The second kappa shape index (κ2) is 15.1. The second-order valence-electron chi connectivity index (χ2n) is 15.3. The summed E-state index contributed by atoms with van der Waals surface area (Å²) < 4.78 is 2.48. The zero-order chi connectivity index (χ0) is 39.8. The third-order valence-corrected chi connectivity index (χ3v) is 11.8. The van der Waals surface area contributed by atoms with E-state index in [4.69, 9.17) is 0 Å². The number of anilines is 3. The number of para-hydroxylation sites is 2. The van der Waals surface area contributed by atoms with Gasteiger partial charge in [-0.3, -0.25) is 0 Å². The molecule has 0 bridgehead atoms. The van der Waals surface area contributed by atoms with Crippen molar-refractivity contribution in [3.05, 3.63) is 243 Å². The summed E-state index contributed by atoms with van der Waals surface area (Å²) in [6.45, 7) is 0. The minimum atomic E-state index is 1.08. The van der Waals surface area contributed by atoms with E-state index in [0.717, 1.165) is 39.4 Å². The van der Waals surface area contributed by atoms with Crippen LogP contribution in [0.3, 0.4) is 0 Å². The Balaban J connectivity index is 1.17. The maximum absolute atomic E-state index is 2.48. The van der Waals surface area contributed by atoms with Crippen LogP contribution >= 0.6 is 0 Å². The molecule has 11 aromatic rings. The van der Waals surface area contributed by atoms with Gasteiger partial charge in [-0.2, -0.15) is 0 Å². The van der Waals surface area contributed by atoms with Gasteiger partial charge in [0.1, 0.15) is 0 Å². The van der Waals surface area contributed by atoms with E-state index in [9.17, 15) is 0 Å². The Bertz CT molecular complexity index is 3290. The van der Waals surface area contributed by atoms with Gasteiger partial charge in [0.15, 0.2) is 0 Å². The maximum atomic E-state index is 2.48. The van der Waals surface area contributed by atoms with Gasteiger partial charge in [0.25, 0.3) is 0 Å². The Morgan fingerprint density at radius 3 is 1.62 bits per heavy atom. The van der Waals surface area contributed by atoms with Crippen LogP contribution in [0.1, 0.15) is 0 Å². The quantitative estimate of drug-likeness (QED) is 0.150. The lowest BCUT2D eigenvalue weighted by atomic mass is 9.93. The summed E-state index contributed by atoms with van der Waals surface area (Å²) in [7, 11) is 0. The molecule has 0 spiro atoms. The minimum Gasteiger partial charge on any atom is -0.310 e. The SMILES string of the molecule is c1ccc(-c2ccc(-c3ccccc3)c(-n3c4ccccc4c4ccc(N(c5ccccc5)c5ccc(-c6cccc7ccccc67)cc5-c5ccccc5)cc43)c2)cc1. The fourth-order valence-corrected chi connectivity index (χ4v) is 8.98. The third-order valence-electron chi connectivity index (χ3n) is 11.8. The first kappa shape index (κ1) is 35.2. The monoisotopic (exact) mass is 764 g/mol. The smallest absolute Gasteiger partial charge is 0.0562 e. The second-order valence-corrected chi connectivity index (χ2v) is 15.3. The molecule has 0 aliphatic heterocycles. The molecule has 0 radical (unpaired) electrons.